The number of hydrogen-bond acceptors (Lipinski definition) is 5. The van der Waals surface area contributed by atoms with Gasteiger partial charge in [0, 0.05) is 34.5 Å². The lowest BCUT2D eigenvalue weighted by atomic mass is 10.6. The third-order valence-electron chi connectivity index (χ3n) is 4.57. The number of ether oxygens (including phenoxy) is 2. The van der Waals surface area contributed by atoms with E-state index in [9.17, 15) is 0 Å². The molecule has 1 heterocycles. The van der Waals surface area contributed by atoms with E-state index in [1.165, 1.54) is 0 Å². The summed E-state index contributed by atoms with van der Waals surface area (Å²) in [6.45, 7) is 9.34. The van der Waals surface area contributed by atoms with E-state index in [0.717, 1.165) is 6.04 Å². The van der Waals surface area contributed by atoms with Gasteiger partial charge >= 0.3 is 8.32 Å². The lowest BCUT2D eigenvalue weighted by Crippen LogP contribution is -2.82. The van der Waals surface area contributed by atoms with E-state index in [0.29, 0.717) is 0 Å². The Balaban J connectivity index is 3.31. The zero-order chi connectivity index (χ0) is 14.2. The molecule has 1 aliphatic heterocycles. The van der Waals surface area contributed by atoms with Crippen molar-refractivity contribution in [2.45, 2.75) is 38.2 Å². The molecule has 8 heteroatoms. The van der Waals surface area contributed by atoms with E-state index in [2.05, 4.69) is 26.2 Å². The topological polar surface area (TPSA) is 46.2 Å². The van der Waals surface area contributed by atoms with Gasteiger partial charge in [0.1, 0.15) is 7.11 Å². The first-order chi connectivity index (χ1) is 8.16. The Bertz CT molecular complexity index is 300. The maximum atomic E-state index is 6.16. The van der Waals surface area contributed by atoms with Crippen LogP contribution in [0.3, 0.4) is 0 Å². The molecule has 1 saturated heterocycles. The third-order valence-corrected chi connectivity index (χ3v) is 38.1. The van der Waals surface area contributed by atoms with Crippen LogP contribution < -0.4 is 0 Å². The van der Waals surface area contributed by atoms with Gasteiger partial charge in [-0.15, -0.1) is 0 Å². The maximum absolute atomic E-state index is 6.16. The van der Waals surface area contributed by atoms with Crippen LogP contribution in [-0.2, 0) is 22.8 Å². The molecule has 0 aromatic rings. The Morgan fingerprint density at radius 3 is 1.67 bits per heavy atom. The molecule has 1 aliphatic rings. The van der Waals surface area contributed by atoms with Gasteiger partial charge < -0.3 is 22.8 Å². The normalized spacial score (nSPS) is 28.0. The first-order valence-corrected chi connectivity index (χ1v) is 16.0. The molecule has 0 aromatic heterocycles. The Kier molecular flexibility index (Phi) is 4.67. The van der Waals surface area contributed by atoms with Crippen LogP contribution in [0.25, 0.3) is 0 Å². The van der Waals surface area contributed by atoms with E-state index in [1.54, 1.807) is 28.4 Å². The Labute approximate surface area is 113 Å². The van der Waals surface area contributed by atoms with Crippen molar-refractivity contribution in [2.75, 3.05) is 28.4 Å². The summed E-state index contributed by atoms with van der Waals surface area (Å²) in [6, 6.07) is 0.813. The van der Waals surface area contributed by atoms with Crippen LogP contribution in [0.4, 0.5) is 0 Å². The van der Waals surface area contributed by atoms with Crippen molar-refractivity contribution in [3.63, 3.8) is 0 Å². The molecule has 0 unspecified atom stereocenters. The second kappa shape index (κ2) is 5.09. The first-order valence-electron chi connectivity index (χ1n) is 6.06. The average molecular weight is 311 g/mol. The Morgan fingerprint density at radius 2 is 1.33 bits per heavy atom. The van der Waals surface area contributed by atoms with Crippen LogP contribution in [0, 0.1) is 0 Å². The molecule has 1 rings (SSSR count). The van der Waals surface area contributed by atoms with Crippen LogP contribution in [0.1, 0.15) is 0 Å². The molecule has 0 amide bonds. The molecule has 0 aromatic carbocycles. The number of methoxy groups -OCH3 is 2. The minimum atomic E-state index is -2.72. The first kappa shape index (κ1) is 16.5. The molecule has 0 radical (unpaired) electrons. The molecule has 0 aliphatic carbocycles. The second-order valence-corrected chi connectivity index (χ2v) is 30.2. The fraction of sp³-hybridized carbons (Fsp3) is 1.00. The summed E-state index contributed by atoms with van der Waals surface area (Å²) < 4.78 is 28.7. The van der Waals surface area contributed by atoms with Gasteiger partial charge in [0.25, 0.3) is 5.97 Å². The lowest BCUT2D eigenvalue weighted by molar-refractivity contribution is -0.325. The largest absolute Gasteiger partial charge is 0.470 e. The van der Waals surface area contributed by atoms with Crippen molar-refractivity contribution < 1.29 is 22.8 Å². The molecular weight excluding hydrogens is 284 g/mol. The fourth-order valence-electron chi connectivity index (χ4n) is 2.53. The van der Waals surface area contributed by atoms with Crippen LogP contribution in [-0.4, -0.2) is 57.4 Å². The average Bonchev–Trinajstić information content (AvgIpc) is 2.33. The highest BCUT2D eigenvalue weighted by Gasteiger charge is 2.71. The van der Waals surface area contributed by atoms with Crippen LogP contribution >= 0.6 is 0 Å². The molecule has 0 spiro atoms. The zero-order valence-electron chi connectivity index (χ0n) is 12.7. The highest BCUT2D eigenvalue weighted by molar-refractivity contribution is 7.65. The summed E-state index contributed by atoms with van der Waals surface area (Å²) in [7, 11) is 0.487. The van der Waals surface area contributed by atoms with Crippen molar-refractivity contribution in [3.05, 3.63) is 0 Å². The fourth-order valence-corrected chi connectivity index (χ4v) is 27.0. The summed E-state index contributed by atoms with van der Waals surface area (Å²) in [5, 5.41) is 0. The summed E-state index contributed by atoms with van der Waals surface area (Å²) in [4.78, 5) is 0. The van der Waals surface area contributed by atoms with Crippen molar-refractivity contribution >= 4 is 23.0 Å². The minimum Gasteiger partial charge on any atom is -0.380 e. The van der Waals surface area contributed by atoms with Gasteiger partial charge in [-0.1, -0.05) is 26.2 Å². The van der Waals surface area contributed by atoms with Crippen molar-refractivity contribution in [1.82, 2.24) is 0 Å². The molecule has 0 bridgehead atoms. The van der Waals surface area contributed by atoms with Gasteiger partial charge in [0.05, 0.1) is 7.59 Å². The van der Waals surface area contributed by atoms with Gasteiger partial charge in [0.15, 0.2) is 0 Å². The smallest absolute Gasteiger partial charge is 0.380 e. The monoisotopic (exact) mass is 310 g/mol. The van der Waals surface area contributed by atoms with E-state index in [-0.39, 0.29) is 0 Å². The molecule has 0 saturated carbocycles. The zero-order valence-corrected chi connectivity index (χ0v) is 15.7. The van der Waals surface area contributed by atoms with Gasteiger partial charge in [-0.2, -0.15) is 0 Å². The van der Waals surface area contributed by atoms with E-state index in [4.69, 9.17) is 22.8 Å². The SMILES string of the molecule is COC1(OC)C[Si](C)(C)[Si](C)(C)[Si](OC)(OC)O1. The van der Waals surface area contributed by atoms with Crippen molar-refractivity contribution in [1.29, 1.82) is 0 Å². The standard InChI is InChI=1S/C10H26O5Si3/c1-11-10(12-2)9-16(5,6)17(7,8)18(13-3,14-4)15-10/h9H2,1-8H3. The quantitative estimate of drug-likeness (QED) is 0.585. The predicted octanol–water partition coefficient (Wildman–Crippen LogP) is 1.77. The summed E-state index contributed by atoms with van der Waals surface area (Å²) in [5.74, 6) is -1.00. The van der Waals surface area contributed by atoms with E-state index >= 15 is 0 Å². The maximum Gasteiger partial charge on any atom is 0.470 e. The summed E-state index contributed by atoms with van der Waals surface area (Å²) >= 11 is 0. The lowest BCUT2D eigenvalue weighted by Gasteiger charge is -2.56. The third kappa shape index (κ3) is 2.18. The number of hydrogen-bond donors (Lipinski definition) is 0. The number of rotatable bonds is 4. The second-order valence-electron chi connectivity index (χ2n) is 5.84. The molecule has 108 valence electrons. The molecular formula is C10H26O5Si3. The summed E-state index contributed by atoms with van der Waals surface area (Å²) in [6.07, 6.45) is 0. The van der Waals surface area contributed by atoms with Crippen molar-refractivity contribution in [2.24, 2.45) is 0 Å². The van der Waals surface area contributed by atoms with Gasteiger partial charge in [-0.05, 0) is 0 Å². The molecule has 1 fully saturated rings. The summed E-state index contributed by atoms with van der Waals surface area (Å²) in [5.41, 5.74) is 0. The highest BCUT2D eigenvalue weighted by Crippen LogP contribution is 2.45. The molecule has 5 nitrogen and oxygen atoms in total. The molecule has 0 atom stereocenters. The Morgan fingerprint density at radius 1 is 0.889 bits per heavy atom. The Hall–Kier alpha value is 0.451. The van der Waals surface area contributed by atoms with E-state index < -0.39 is 29.0 Å². The van der Waals surface area contributed by atoms with Crippen LogP contribution in [0.15, 0.2) is 0 Å². The van der Waals surface area contributed by atoms with Gasteiger partial charge in [-0.25, -0.2) is 0 Å². The van der Waals surface area contributed by atoms with Crippen molar-refractivity contribution in [3.8, 4) is 0 Å². The highest BCUT2D eigenvalue weighted by atomic mass is 29.7. The van der Waals surface area contributed by atoms with Crippen LogP contribution in [0.5, 0.6) is 0 Å². The van der Waals surface area contributed by atoms with Gasteiger partial charge in [0.2, 0.25) is 0 Å². The van der Waals surface area contributed by atoms with E-state index in [1.807, 2.05) is 0 Å². The van der Waals surface area contributed by atoms with Gasteiger partial charge in [-0.3, -0.25) is 0 Å². The predicted molar refractivity (Wildman–Crippen MR) is 77.4 cm³/mol. The molecule has 0 N–H and O–H groups in total. The molecule has 18 heavy (non-hydrogen) atoms. The van der Waals surface area contributed by atoms with Crippen LogP contribution in [0.2, 0.25) is 32.2 Å². The minimum absolute atomic E-state index is 0.813.